The Hall–Kier alpha value is -1.22. The first kappa shape index (κ1) is 16.8. The van der Waals surface area contributed by atoms with Crippen molar-refractivity contribution in [2.24, 2.45) is 11.8 Å². The Labute approximate surface area is 123 Å². The molecule has 1 aromatic rings. The molecular weight excluding hydrogens is 250 g/mol. The van der Waals surface area contributed by atoms with Crippen LogP contribution in [0.1, 0.15) is 40.5 Å². The number of hydrogen-bond donors (Lipinski definition) is 2. The van der Waals surface area contributed by atoms with Crippen molar-refractivity contribution in [3.05, 3.63) is 24.3 Å². The van der Waals surface area contributed by atoms with Crippen LogP contribution in [-0.2, 0) is 0 Å². The van der Waals surface area contributed by atoms with Crippen molar-refractivity contribution < 1.29 is 9.84 Å². The summed E-state index contributed by atoms with van der Waals surface area (Å²) in [4.78, 5) is 0. The second-order valence-corrected chi connectivity index (χ2v) is 6.46. The molecule has 1 rings (SSSR count). The topological polar surface area (TPSA) is 41.5 Å². The zero-order valence-electron chi connectivity index (χ0n) is 13.4. The van der Waals surface area contributed by atoms with E-state index in [-0.39, 0.29) is 12.1 Å². The largest absolute Gasteiger partial charge is 0.495 e. The van der Waals surface area contributed by atoms with Gasteiger partial charge in [0.05, 0.1) is 24.9 Å². The van der Waals surface area contributed by atoms with Gasteiger partial charge in [0.2, 0.25) is 0 Å². The Bertz CT molecular complexity index is 392. The zero-order chi connectivity index (χ0) is 15.2. The van der Waals surface area contributed by atoms with Gasteiger partial charge in [-0.2, -0.15) is 0 Å². The maximum absolute atomic E-state index is 10.00. The summed E-state index contributed by atoms with van der Waals surface area (Å²) in [5.41, 5.74) is 0.655. The molecule has 0 aromatic heterocycles. The molecule has 0 aliphatic rings. The SMILES string of the molecule is COc1ccccc1NC(CO)(CC(C)C)CC(C)C. The van der Waals surface area contributed by atoms with Crippen molar-refractivity contribution in [1.29, 1.82) is 0 Å². The molecule has 0 atom stereocenters. The Morgan fingerprint density at radius 2 is 1.65 bits per heavy atom. The summed E-state index contributed by atoms with van der Waals surface area (Å²) in [7, 11) is 1.67. The van der Waals surface area contributed by atoms with Crippen LogP contribution in [0.15, 0.2) is 24.3 Å². The quantitative estimate of drug-likeness (QED) is 0.757. The third-order valence-corrected chi connectivity index (χ3v) is 3.41. The normalized spacial score (nSPS) is 12.0. The van der Waals surface area contributed by atoms with Crippen LogP contribution in [0.25, 0.3) is 0 Å². The molecule has 0 unspecified atom stereocenters. The van der Waals surface area contributed by atoms with Crippen molar-refractivity contribution in [3.63, 3.8) is 0 Å². The number of ether oxygens (including phenoxy) is 1. The highest BCUT2D eigenvalue weighted by Crippen LogP contribution is 2.33. The molecule has 0 fully saturated rings. The van der Waals surface area contributed by atoms with E-state index in [9.17, 15) is 5.11 Å². The molecule has 0 aliphatic heterocycles. The molecule has 0 bridgehead atoms. The lowest BCUT2D eigenvalue weighted by Gasteiger charge is -2.37. The third-order valence-electron chi connectivity index (χ3n) is 3.41. The Balaban J connectivity index is 3.03. The number of hydrogen-bond acceptors (Lipinski definition) is 3. The average Bonchev–Trinajstić information content (AvgIpc) is 2.37. The van der Waals surface area contributed by atoms with Crippen molar-refractivity contribution in [1.82, 2.24) is 0 Å². The van der Waals surface area contributed by atoms with Gasteiger partial charge in [0.15, 0.2) is 0 Å². The fraction of sp³-hybridized carbons (Fsp3) is 0.647. The van der Waals surface area contributed by atoms with Crippen molar-refractivity contribution in [2.45, 2.75) is 46.1 Å². The van der Waals surface area contributed by atoms with E-state index in [4.69, 9.17) is 4.74 Å². The van der Waals surface area contributed by atoms with Gasteiger partial charge in [0.25, 0.3) is 0 Å². The molecule has 0 aliphatic carbocycles. The van der Waals surface area contributed by atoms with Crippen LogP contribution < -0.4 is 10.1 Å². The maximum Gasteiger partial charge on any atom is 0.141 e. The van der Waals surface area contributed by atoms with E-state index in [1.165, 1.54) is 0 Å². The number of rotatable bonds is 8. The van der Waals surface area contributed by atoms with Crippen LogP contribution in [-0.4, -0.2) is 24.4 Å². The van der Waals surface area contributed by atoms with Crippen LogP contribution in [0.5, 0.6) is 5.75 Å². The fourth-order valence-corrected chi connectivity index (χ4v) is 2.95. The van der Waals surface area contributed by atoms with Gasteiger partial charge in [-0.1, -0.05) is 39.8 Å². The molecule has 2 N–H and O–H groups in total. The first-order chi connectivity index (χ1) is 9.42. The summed E-state index contributed by atoms with van der Waals surface area (Å²) in [6, 6.07) is 7.88. The highest BCUT2D eigenvalue weighted by molar-refractivity contribution is 5.57. The van der Waals surface area contributed by atoms with E-state index in [2.05, 4.69) is 33.0 Å². The number of aliphatic hydroxyl groups excluding tert-OH is 1. The van der Waals surface area contributed by atoms with Crippen LogP contribution in [0.2, 0.25) is 0 Å². The predicted molar refractivity (Wildman–Crippen MR) is 85.3 cm³/mol. The smallest absolute Gasteiger partial charge is 0.141 e. The lowest BCUT2D eigenvalue weighted by Crippen LogP contribution is -2.44. The van der Waals surface area contributed by atoms with Gasteiger partial charge >= 0.3 is 0 Å². The standard InChI is InChI=1S/C17H29NO2/c1-13(2)10-17(12-19,11-14(3)4)18-15-8-6-7-9-16(15)20-5/h6-9,13-14,18-19H,10-12H2,1-5H3. The fourth-order valence-electron chi connectivity index (χ4n) is 2.95. The number of para-hydroxylation sites is 2. The van der Waals surface area contributed by atoms with Crippen molar-refractivity contribution in [3.8, 4) is 5.75 Å². The number of methoxy groups -OCH3 is 1. The molecule has 0 amide bonds. The minimum atomic E-state index is -0.295. The molecule has 20 heavy (non-hydrogen) atoms. The van der Waals surface area contributed by atoms with E-state index >= 15 is 0 Å². The first-order valence-corrected chi connectivity index (χ1v) is 7.44. The molecule has 0 spiro atoms. The molecule has 3 heteroatoms. The average molecular weight is 279 g/mol. The molecule has 3 nitrogen and oxygen atoms in total. The summed E-state index contributed by atoms with van der Waals surface area (Å²) in [5, 5.41) is 13.5. The van der Waals surface area contributed by atoms with E-state index in [0.29, 0.717) is 11.8 Å². The van der Waals surface area contributed by atoms with Gasteiger partial charge in [0.1, 0.15) is 5.75 Å². The van der Waals surface area contributed by atoms with Gasteiger partial charge in [0, 0.05) is 0 Å². The van der Waals surface area contributed by atoms with E-state index in [1.54, 1.807) is 7.11 Å². The van der Waals surface area contributed by atoms with Crippen molar-refractivity contribution in [2.75, 3.05) is 19.0 Å². The molecule has 0 saturated carbocycles. The van der Waals surface area contributed by atoms with Gasteiger partial charge in [-0.25, -0.2) is 0 Å². The minimum absolute atomic E-state index is 0.126. The predicted octanol–water partition coefficient (Wildman–Crippen LogP) is 3.93. The van der Waals surface area contributed by atoms with Gasteiger partial charge < -0.3 is 15.2 Å². The van der Waals surface area contributed by atoms with Gasteiger partial charge in [-0.05, 0) is 36.8 Å². The molecule has 0 saturated heterocycles. The first-order valence-electron chi connectivity index (χ1n) is 7.44. The van der Waals surface area contributed by atoms with Crippen LogP contribution in [0.3, 0.4) is 0 Å². The minimum Gasteiger partial charge on any atom is -0.495 e. The molecule has 0 radical (unpaired) electrons. The number of nitrogens with one attached hydrogen (secondary N) is 1. The highest BCUT2D eigenvalue weighted by Gasteiger charge is 2.31. The number of aliphatic hydroxyl groups is 1. The van der Waals surface area contributed by atoms with Crippen LogP contribution >= 0.6 is 0 Å². The molecule has 0 heterocycles. The molecular formula is C17H29NO2. The summed E-state index contributed by atoms with van der Waals surface area (Å²) >= 11 is 0. The highest BCUT2D eigenvalue weighted by atomic mass is 16.5. The van der Waals surface area contributed by atoms with Gasteiger partial charge in [-0.3, -0.25) is 0 Å². The van der Waals surface area contributed by atoms with Crippen LogP contribution in [0.4, 0.5) is 5.69 Å². The number of benzene rings is 1. The molecule has 114 valence electrons. The second-order valence-electron chi connectivity index (χ2n) is 6.46. The summed E-state index contributed by atoms with van der Waals surface area (Å²) < 4.78 is 5.40. The summed E-state index contributed by atoms with van der Waals surface area (Å²) in [6.07, 6.45) is 1.86. The Morgan fingerprint density at radius 3 is 2.10 bits per heavy atom. The maximum atomic E-state index is 10.00. The Morgan fingerprint density at radius 1 is 1.10 bits per heavy atom. The monoisotopic (exact) mass is 279 g/mol. The molecule has 1 aromatic carbocycles. The summed E-state index contributed by atoms with van der Waals surface area (Å²) in [6.45, 7) is 8.88. The number of anilines is 1. The third kappa shape index (κ3) is 4.71. The van der Waals surface area contributed by atoms with Crippen LogP contribution in [0, 0.1) is 11.8 Å². The zero-order valence-corrected chi connectivity index (χ0v) is 13.4. The van der Waals surface area contributed by atoms with E-state index in [1.807, 2.05) is 24.3 Å². The second kappa shape index (κ2) is 7.53. The van der Waals surface area contributed by atoms with Gasteiger partial charge in [-0.15, -0.1) is 0 Å². The van der Waals surface area contributed by atoms with E-state index in [0.717, 1.165) is 24.3 Å². The lowest BCUT2D eigenvalue weighted by molar-refractivity contribution is 0.168. The Kier molecular flexibility index (Phi) is 6.34. The summed E-state index contributed by atoms with van der Waals surface area (Å²) in [5.74, 6) is 1.85. The van der Waals surface area contributed by atoms with Crippen molar-refractivity contribution >= 4 is 5.69 Å². The lowest BCUT2D eigenvalue weighted by atomic mass is 9.82. The van der Waals surface area contributed by atoms with E-state index < -0.39 is 0 Å².